The number of benzene rings is 2. The van der Waals surface area contributed by atoms with Crippen molar-refractivity contribution in [3.8, 4) is 0 Å². The predicted octanol–water partition coefficient (Wildman–Crippen LogP) is 2.36. The third-order valence-electron chi connectivity index (χ3n) is 6.54. The highest BCUT2D eigenvalue weighted by Crippen LogP contribution is 2.28. The standard InChI is InChI=1S/C26H32N4O4/c1-18-7-8-21(15-19(18)2)30-17-20(16-24(30)31)25(32)28-23-6-4-3-5-22(23)26(33)27-9-10-29-11-13-34-14-12-29/h3-8,15,20H,9-14,16-17H2,1-2H3,(H,27,33)(H,28,32)/t20-/m0/s1. The van der Waals surface area contributed by atoms with Crippen LogP contribution in [0.3, 0.4) is 0 Å². The minimum absolute atomic E-state index is 0.0717. The zero-order valence-corrected chi connectivity index (χ0v) is 19.8. The highest BCUT2D eigenvalue weighted by Gasteiger charge is 2.35. The Hall–Kier alpha value is -3.23. The SMILES string of the molecule is Cc1ccc(N2C[C@@H](C(=O)Nc3ccccc3C(=O)NCCN3CCOCC3)CC2=O)cc1C. The molecule has 1 atom stereocenters. The van der Waals surface area contributed by atoms with Crippen molar-refractivity contribution in [3.63, 3.8) is 0 Å². The zero-order chi connectivity index (χ0) is 24.1. The van der Waals surface area contributed by atoms with E-state index in [0.29, 0.717) is 37.6 Å². The third kappa shape index (κ3) is 5.63. The Morgan fingerprint density at radius 2 is 1.82 bits per heavy atom. The minimum Gasteiger partial charge on any atom is -0.379 e. The molecule has 2 aliphatic heterocycles. The first kappa shape index (κ1) is 23.9. The van der Waals surface area contributed by atoms with Gasteiger partial charge < -0.3 is 20.3 Å². The lowest BCUT2D eigenvalue weighted by atomic mass is 10.1. The normalized spacial score (nSPS) is 18.7. The Morgan fingerprint density at radius 1 is 1.06 bits per heavy atom. The van der Waals surface area contributed by atoms with E-state index < -0.39 is 5.92 Å². The molecule has 2 aliphatic rings. The molecule has 34 heavy (non-hydrogen) atoms. The van der Waals surface area contributed by atoms with E-state index in [2.05, 4.69) is 15.5 Å². The van der Waals surface area contributed by atoms with Gasteiger partial charge in [-0.15, -0.1) is 0 Å². The highest BCUT2D eigenvalue weighted by atomic mass is 16.5. The highest BCUT2D eigenvalue weighted by molar-refractivity contribution is 6.07. The molecule has 0 spiro atoms. The molecule has 8 heteroatoms. The van der Waals surface area contributed by atoms with E-state index in [0.717, 1.165) is 36.4 Å². The van der Waals surface area contributed by atoms with Gasteiger partial charge in [-0.05, 0) is 49.2 Å². The summed E-state index contributed by atoms with van der Waals surface area (Å²) in [5.74, 6) is -1.04. The molecule has 2 aromatic rings. The van der Waals surface area contributed by atoms with Crippen LogP contribution in [0.1, 0.15) is 27.9 Å². The monoisotopic (exact) mass is 464 g/mol. The second kappa shape index (κ2) is 10.8. The van der Waals surface area contributed by atoms with Gasteiger partial charge in [-0.25, -0.2) is 0 Å². The maximum atomic E-state index is 13.0. The van der Waals surface area contributed by atoms with Crippen LogP contribution in [-0.4, -0.2) is 68.6 Å². The maximum Gasteiger partial charge on any atom is 0.253 e. The van der Waals surface area contributed by atoms with Gasteiger partial charge in [0.1, 0.15) is 0 Å². The van der Waals surface area contributed by atoms with E-state index in [1.165, 1.54) is 0 Å². The summed E-state index contributed by atoms with van der Waals surface area (Å²) in [6.07, 6.45) is 0.146. The van der Waals surface area contributed by atoms with E-state index in [9.17, 15) is 14.4 Å². The minimum atomic E-state index is -0.480. The van der Waals surface area contributed by atoms with Gasteiger partial charge in [0.2, 0.25) is 11.8 Å². The number of hydrogen-bond donors (Lipinski definition) is 2. The van der Waals surface area contributed by atoms with E-state index in [-0.39, 0.29) is 24.1 Å². The molecule has 3 amide bonds. The van der Waals surface area contributed by atoms with Crippen LogP contribution in [0.4, 0.5) is 11.4 Å². The second-order valence-corrected chi connectivity index (χ2v) is 8.92. The topological polar surface area (TPSA) is 91.0 Å². The van der Waals surface area contributed by atoms with Crippen molar-refractivity contribution in [2.45, 2.75) is 20.3 Å². The van der Waals surface area contributed by atoms with Crippen molar-refractivity contribution >= 4 is 29.1 Å². The summed E-state index contributed by atoms with van der Waals surface area (Å²) in [6.45, 7) is 8.78. The molecule has 0 aromatic heterocycles. The molecular formula is C26H32N4O4. The van der Waals surface area contributed by atoms with Gasteiger partial charge in [0.05, 0.1) is 30.4 Å². The summed E-state index contributed by atoms with van der Waals surface area (Å²) in [5, 5.41) is 5.82. The molecular weight excluding hydrogens is 432 g/mol. The number of para-hydroxylation sites is 1. The maximum absolute atomic E-state index is 13.0. The molecule has 2 saturated heterocycles. The van der Waals surface area contributed by atoms with Gasteiger partial charge in [-0.2, -0.15) is 0 Å². The van der Waals surface area contributed by atoms with Gasteiger partial charge >= 0.3 is 0 Å². The first-order chi connectivity index (χ1) is 16.4. The summed E-state index contributed by atoms with van der Waals surface area (Å²) in [5.41, 5.74) is 3.93. The average Bonchev–Trinajstić information content (AvgIpc) is 3.23. The lowest BCUT2D eigenvalue weighted by molar-refractivity contribution is -0.122. The van der Waals surface area contributed by atoms with Crippen molar-refractivity contribution in [2.75, 3.05) is 56.2 Å². The number of nitrogens with zero attached hydrogens (tertiary/aromatic N) is 2. The molecule has 0 saturated carbocycles. The van der Waals surface area contributed by atoms with Crippen molar-refractivity contribution in [2.24, 2.45) is 5.92 Å². The number of amides is 3. The Morgan fingerprint density at radius 3 is 2.59 bits per heavy atom. The van der Waals surface area contributed by atoms with Gasteiger partial charge in [0, 0.05) is 44.8 Å². The summed E-state index contributed by atoms with van der Waals surface area (Å²) < 4.78 is 5.35. The Balaban J connectivity index is 1.36. The number of carbonyl (C=O) groups is 3. The van der Waals surface area contributed by atoms with Crippen molar-refractivity contribution in [1.82, 2.24) is 10.2 Å². The Bertz CT molecular complexity index is 1060. The molecule has 2 heterocycles. The first-order valence-electron chi connectivity index (χ1n) is 11.8. The summed E-state index contributed by atoms with van der Waals surface area (Å²) in [7, 11) is 0. The number of anilines is 2. The van der Waals surface area contributed by atoms with Gasteiger partial charge in [-0.1, -0.05) is 18.2 Å². The van der Waals surface area contributed by atoms with Crippen molar-refractivity contribution in [3.05, 3.63) is 59.2 Å². The predicted molar refractivity (Wildman–Crippen MR) is 131 cm³/mol. The third-order valence-corrected chi connectivity index (χ3v) is 6.54. The van der Waals surface area contributed by atoms with Crippen molar-refractivity contribution in [1.29, 1.82) is 0 Å². The number of aryl methyl sites for hydroxylation is 2. The molecule has 4 rings (SSSR count). The molecule has 0 radical (unpaired) electrons. The molecule has 2 aromatic carbocycles. The lowest BCUT2D eigenvalue weighted by Crippen LogP contribution is -2.41. The van der Waals surface area contributed by atoms with Crippen LogP contribution < -0.4 is 15.5 Å². The quantitative estimate of drug-likeness (QED) is 0.657. The van der Waals surface area contributed by atoms with Gasteiger partial charge in [0.25, 0.3) is 5.91 Å². The molecule has 0 unspecified atom stereocenters. The fourth-order valence-electron chi connectivity index (χ4n) is 4.30. The fraction of sp³-hybridized carbons (Fsp3) is 0.423. The van der Waals surface area contributed by atoms with Crippen LogP contribution in [0, 0.1) is 19.8 Å². The largest absolute Gasteiger partial charge is 0.379 e. The number of carbonyl (C=O) groups excluding carboxylic acids is 3. The molecule has 0 bridgehead atoms. The van der Waals surface area contributed by atoms with E-state index in [1.54, 1.807) is 29.2 Å². The number of morpholine rings is 1. The second-order valence-electron chi connectivity index (χ2n) is 8.92. The zero-order valence-electron chi connectivity index (χ0n) is 19.8. The van der Waals surface area contributed by atoms with Gasteiger partial charge in [0.15, 0.2) is 0 Å². The number of nitrogens with one attached hydrogen (secondary N) is 2. The molecule has 0 aliphatic carbocycles. The van der Waals surface area contributed by atoms with Crippen molar-refractivity contribution < 1.29 is 19.1 Å². The first-order valence-corrected chi connectivity index (χ1v) is 11.8. The lowest BCUT2D eigenvalue weighted by Gasteiger charge is -2.26. The van der Waals surface area contributed by atoms with Crippen LogP contribution in [0.2, 0.25) is 0 Å². The molecule has 2 fully saturated rings. The Labute approximate surface area is 200 Å². The molecule has 2 N–H and O–H groups in total. The number of hydrogen-bond acceptors (Lipinski definition) is 5. The molecule has 8 nitrogen and oxygen atoms in total. The van der Waals surface area contributed by atoms with Crippen LogP contribution in [0.5, 0.6) is 0 Å². The fourth-order valence-corrected chi connectivity index (χ4v) is 4.30. The summed E-state index contributed by atoms with van der Waals surface area (Å²) >= 11 is 0. The van der Waals surface area contributed by atoms with E-state index in [4.69, 9.17) is 4.74 Å². The van der Waals surface area contributed by atoms with Crippen LogP contribution in [-0.2, 0) is 14.3 Å². The van der Waals surface area contributed by atoms with Crippen LogP contribution in [0.15, 0.2) is 42.5 Å². The summed E-state index contributed by atoms with van der Waals surface area (Å²) in [4.78, 5) is 42.3. The van der Waals surface area contributed by atoms with Gasteiger partial charge in [-0.3, -0.25) is 19.3 Å². The Kier molecular flexibility index (Phi) is 7.59. The van der Waals surface area contributed by atoms with Crippen LogP contribution in [0.25, 0.3) is 0 Å². The van der Waals surface area contributed by atoms with Crippen LogP contribution >= 0.6 is 0 Å². The number of ether oxygens (including phenoxy) is 1. The smallest absolute Gasteiger partial charge is 0.253 e. The van der Waals surface area contributed by atoms with E-state index >= 15 is 0 Å². The number of rotatable bonds is 7. The molecule has 180 valence electrons. The van der Waals surface area contributed by atoms with E-state index in [1.807, 2.05) is 32.0 Å². The summed E-state index contributed by atoms with van der Waals surface area (Å²) in [6, 6.07) is 12.8. The average molecular weight is 465 g/mol.